The van der Waals surface area contributed by atoms with E-state index in [1.165, 1.54) is 24.5 Å². The van der Waals surface area contributed by atoms with E-state index in [1.54, 1.807) is 67.7 Å². The molecule has 0 saturated heterocycles. The van der Waals surface area contributed by atoms with E-state index in [0.29, 0.717) is 46.5 Å². The number of hydrogen-bond acceptors (Lipinski definition) is 8. The molecule has 1 aromatic heterocycles. The number of nitrogens with one attached hydrogen (secondary N) is 1. The molecule has 0 fully saturated rings. The number of carbonyl (C=O) groups excluding carboxylic acids is 3. The van der Waals surface area contributed by atoms with Gasteiger partial charge in [0.15, 0.2) is 6.61 Å². The molecule has 3 rings (SSSR count). The van der Waals surface area contributed by atoms with Gasteiger partial charge in [-0.05, 0) is 62.7 Å². The van der Waals surface area contributed by atoms with Gasteiger partial charge in [-0.3, -0.25) is 9.59 Å². The van der Waals surface area contributed by atoms with Crippen molar-refractivity contribution in [1.82, 2.24) is 4.90 Å². The Morgan fingerprint density at radius 1 is 0.950 bits per heavy atom. The molecule has 0 aliphatic carbocycles. The van der Waals surface area contributed by atoms with Crippen molar-refractivity contribution in [2.24, 2.45) is 0 Å². The Balaban J connectivity index is 1.83. The van der Waals surface area contributed by atoms with E-state index in [-0.39, 0.29) is 18.1 Å². The van der Waals surface area contributed by atoms with Gasteiger partial charge in [0.05, 0.1) is 21.3 Å². The number of aryl methyl sites for hydroxylation is 1. The zero-order valence-electron chi connectivity index (χ0n) is 23.5. The van der Waals surface area contributed by atoms with Crippen LogP contribution >= 0.6 is 11.3 Å². The molecular weight excluding hydrogens is 532 g/mol. The first-order valence-electron chi connectivity index (χ1n) is 12.7. The van der Waals surface area contributed by atoms with Gasteiger partial charge in [-0.2, -0.15) is 0 Å². The fraction of sp³-hybridized carbons (Fsp3) is 0.300. The van der Waals surface area contributed by atoms with Gasteiger partial charge in [0.2, 0.25) is 5.91 Å². The summed E-state index contributed by atoms with van der Waals surface area (Å²) in [7, 11) is 4.40. The van der Waals surface area contributed by atoms with Gasteiger partial charge in [0.25, 0.3) is 5.91 Å². The Morgan fingerprint density at radius 2 is 1.62 bits per heavy atom. The third kappa shape index (κ3) is 7.20. The first-order valence-corrected chi connectivity index (χ1v) is 13.5. The van der Waals surface area contributed by atoms with Gasteiger partial charge < -0.3 is 29.2 Å². The van der Waals surface area contributed by atoms with Gasteiger partial charge in [0, 0.05) is 35.2 Å². The maximum atomic E-state index is 12.9. The zero-order valence-corrected chi connectivity index (χ0v) is 24.3. The highest BCUT2D eigenvalue weighted by molar-refractivity contribution is 7.17. The van der Waals surface area contributed by atoms with Crippen molar-refractivity contribution in [2.75, 3.05) is 46.3 Å². The van der Waals surface area contributed by atoms with E-state index in [4.69, 9.17) is 18.9 Å². The van der Waals surface area contributed by atoms with Crippen molar-refractivity contribution in [3.05, 3.63) is 64.5 Å². The van der Waals surface area contributed by atoms with Crippen molar-refractivity contribution in [2.45, 2.75) is 20.8 Å². The summed E-state index contributed by atoms with van der Waals surface area (Å²) in [6.07, 6.45) is 2.97. The average molecular weight is 567 g/mol. The summed E-state index contributed by atoms with van der Waals surface area (Å²) in [5.41, 5.74) is 2.32. The van der Waals surface area contributed by atoms with Gasteiger partial charge in [-0.1, -0.05) is 12.1 Å². The summed E-state index contributed by atoms with van der Waals surface area (Å²) < 4.78 is 21.3. The Kier molecular flexibility index (Phi) is 10.7. The van der Waals surface area contributed by atoms with E-state index < -0.39 is 11.9 Å². The summed E-state index contributed by atoms with van der Waals surface area (Å²) in [5, 5.41) is 3.18. The molecule has 0 radical (unpaired) electrons. The van der Waals surface area contributed by atoms with Crippen molar-refractivity contribution in [1.29, 1.82) is 0 Å². The number of rotatable bonds is 12. The highest BCUT2D eigenvalue weighted by Crippen LogP contribution is 2.41. The van der Waals surface area contributed by atoms with Crippen molar-refractivity contribution < 1.29 is 33.3 Å². The van der Waals surface area contributed by atoms with Crippen LogP contribution in [0.2, 0.25) is 0 Å². The zero-order chi connectivity index (χ0) is 29.2. The normalized spacial score (nSPS) is 10.8. The number of hydrogen-bond donors (Lipinski definition) is 1. The van der Waals surface area contributed by atoms with Crippen molar-refractivity contribution in [3.8, 4) is 28.4 Å². The summed E-state index contributed by atoms with van der Waals surface area (Å²) in [6.45, 7) is 6.89. The van der Waals surface area contributed by atoms with Crippen LogP contribution < -0.4 is 19.5 Å². The van der Waals surface area contributed by atoms with Crippen molar-refractivity contribution >= 4 is 40.2 Å². The fourth-order valence-electron chi connectivity index (χ4n) is 4.10. The topological polar surface area (TPSA) is 103 Å². The smallest absolute Gasteiger partial charge is 0.341 e. The number of esters is 1. The lowest BCUT2D eigenvalue weighted by Gasteiger charge is -2.18. The number of ether oxygens (including phenoxy) is 4. The Bertz CT molecular complexity index is 1380. The predicted molar refractivity (Wildman–Crippen MR) is 156 cm³/mol. The number of anilines is 1. The lowest BCUT2D eigenvalue weighted by Crippen LogP contribution is -2.34. The van der Waals surface area contributed by atoms with Gasteiger partial charge >= 0.3 is 5.97 Å². The maximum absolute atomic E-state index is 12.9. The lowest BCUT2D eigenvalue weighted by molar-refractivity contribution is -0.133. The molecule has 9 nitrogen and oxygen atoms in total. The van der Waals surface area contributed by atoms with Gasteiger partial charge in [-0.25, -0.2) is 4.79 Å². The van der Waals surface area contributed by atoms with E-state index in [9.17, 15) is 14.4 Å². The Labute approximate surface area is 238 Å². The number of thiophene rings is 1. The van der Waals surface area contributed by atoms with Crippen molar-refractivity contribution in [3.63, 3.8) is 0 Å². The number of methoxy groups -OCH3 is 3. The molecule has 3 aromatic rings. The van der Waals surface area contributed by atoms with Crippen LogP contribution in [0.15, 0.2) is 48.5 Å². The minimum Gasteiger partial charge on any atom is -0.497 e. The van der Waals surface area contributed by atoms with Crippen LogP contribution in [-0.4, -0.2) is 63.7 Å². The molecule has 212 valence electrons. The van der Waals surface area contributed by atoms with Gasteiger partial charge in [0.1, 0.15) is 27.8 Å². The van der Waals surface area contributed by atoms with Crippen LogP contribution in [0.4, 0.5) is 5.00 Å². The number of benzene rings is 2. The van der Waals surface area contributed by atoms with E-state index in [1.807, 2.05) is 20.8 Å². The summed E-state index contributed by atoms with van der Waals surface area (Å²) in [6, 6.07) is 12.4. The highest BCUT2D eigenvalue weighted by Gasteiger charge is 2.25. The molecule has 0 atom stereocenters. The van der Waals surface area contributed by atoms with Crippen LogP contribution in [-0.2, 0) is 14.3 Å². The molecule has 0 aliphatic rings. The Hall–Kier alpha value is -4.31. The lowest BCUT2D eigenvalue weighted by atomic mass is 10.0. The molecule has 10 heteroatoms. The molecule has 0 bridgehead atoms. The number of carbonyl (C=O) groups is 3. The second-order valence-corrected chi connectivity index (χ2v) is 9.76. The molecule has 0 unspecified atom stereocenters. The monoisotopic (exact) mass is 566 g/mol. The number of amides is 2. The van der Waals surface area contributed by atoms with Crippen LogP contribution in [0, 0.1) is 6.92 Å². The molecule has 0 aliphatic heterocycles. The van der Waals surface area contributed by atoms with Crippen LogP contribution in [0.25, 0.3) is 17.2 Å². The third-order valence-corrected chi connectivity index (χ3v) is 7.20. The average Bonchev–Trinajstić information content (AvgIpc) is 3.30. The number of nitrogens with zero attached hydrogens (tertiary/aromatic N) is 1. The molecule has 1 N–H and O–H groups in total. The highest BCUT2D eigenvalue weighted by atomic mass is 32.1. The SMILES string of the molecule is CCN(CC)C(=O)COc1ccc(-c2c(C)sc(NC(=O)/C=C/c3cc(OC)ccc3OC)c2C(=O)OC)cc1. The second-order valence-electron chi connectivity index (χ2n) is 8.54. The Morgan fingerprint density at radius 3 is 2.23 bits per heavy atom. The standard InChI is InChI=1S/C30H34N2O7S/c1-7-32(8-2)26(34)18-39-22-12-9-20(10-13-22)27-19(3)40-29(28(27)30(35)38-6)31-25(33)16-11-21-17-23(36-4)14-15-24(21)37-5/h9-17H,7-8,18H2,1-6H3,(H,31,33)/b16-11+. The molecule has 40 heavy (non-hydrogen) atoms. The molecular formula is C30H34N2O7S. The van der Waals surface area contributed by atoms with E-state index >= 15 is 0 Å². The largest absolute Gasteiger partial charge is 0.497 e. The van der Waals surface area contributed by atoms with Gasteiger partial charge in [-0.15, -0.1) is 11.3 Å². The molecule has 2 aromatic carbocycles. The molecule has 1 heterocycles. The summed E-state index contributed by atoms with van der Waals surface area (Å²) in [4.78, 5) is 40.5. The second kappa shape index (κ2) is 14.2. The maximum Gasteiger partial charge on any atom is 0.341 e. The molecule has 0 spiro atoms. The summed E-state index contributed by atoms with van der Waals surface area (Å²) >= 11 is 1.28. The quantitative estimate of drug-likeness (QED) is 0.230. The van der Waals surface area contributed by atoms with Crippen LogP contribution in [0.1, 0.15) is 34.6 Å². The minimum absolute atomic E-state index is 0.0583. The predicted octanol–water partition coefficient (Wildman–Crippen LogP) is 5.43. The fourth-order valence-corrected chi connectivity index (χ4v) is 5.16. The number of likely N-dealkylation sites (N-methyl/N-ethyl adjacent to an activating group) is 1. The van der Waals surface area contributed by atoms with E-state index in [2.05, 4.69) is 5.32 Å². The molecule has 2 amide bonds. The first-order chi connectivity index (χ1) is 19.3. The minimum atomic E-state index is -0.571. The third-order valence-electron chi connectivity index (χ3n) is 6.18. The van der Waals surface area contributed by atoms with Crippen LogP contribution in [0.5, 0.6) is 17.2 Å². The summed E-state index contributed by atoms with van der Waals surface area (Å²) in [5.74, 6) is 0.652. The first kappa shape index (κ1) is 30.2. The van der Waals surface area contributed by atoms with Crippen LogP contribution in [0.3, 0.4) is 0 Å². The van der Waals surface area contributed by atoms with E-state index in [0.717, 1.165) is 10.4 Å². The molecule has 0 saturated carbocycles.